The number of hydrazine groups is 1. The van der Waals surface area contributed by atoms with Crippen molar-refractivity contribution in [2.24, 2.45) is 0 Å². The molecule has 2 aromatic rings. The molecule has 136 valence electrons. The maximum absolute atomic E-state index is 12.8. The summed E-state index contributed by atoms with van der Waals surface area (Å²) in [6.07, 6.45) is -0.966. The number of ether oxygens (including phenoxy) is 1. The Morgan fingerprint density at radius 1 is 1.15 bits per heavy atom. The average molecular weight is 361 g/mol. The van der Waals surface area contributed by atoms with Crippen molar-refractivity contribution in [2.45, 2.75) is 20.0 Å². The predicted octanol–water partition coefficient (Wildman–Crippen LogP) is 2.27. The molecule has 0 aromatic heterocycles. The van der Waals surface area contributed by atoms with Gasteiger partial charge in [-0.05, 0) is 43.7 Å². The highest BCUT2D eigenvalue weighted by Crippen LogP contribution is 2.17. The summed E-state index contributed by atoms with van der Waals surface area (Å²) >= 11 is 0. The molecule has 0 fully saturated rings. The highest BCUT2D eigenvalue weighted by Gasteiger charge is 2.18. The molecule has 2 aromatic carbocycles. The van der Waals surface area contributed by atoms with E-state index in [1.807, 2.05) is 0 Å². The van der Waals surface area contributed by atoms with E-state index in [1.54, 1.807) is 6.92 Å². The number of nitro benzene ring substituents is 1. The van der Waals surface area contributed by atoms with Crippen LogP contribution in [0.5, 0.6) is 5.75 Å². The molecule has 0 aliphatic heterocycles. The summed E-state index contributed by atoms with van der Waals surface area (Å²) in [5, 5.41) is 10.8. The molecule has 0 saturated heterocycles. The summed E-state index contributed by atoms with van der Waals surface area (Å²) in [4.78, 5) is 34.3. The van der Waals surface area contributed by atoms with Crippen LogP contribution in [0.25, 0.3) is 0 Å². The van der Waals surface area contributed by atoms with Crippen molar-refractivity contribution < 1.29 is 23.6 Å². The standard InChI is InChI=1S/C17H16FN3O5/c1-10-3-6-13(21(24)25)9-15(10)17(23)20-19-16(22)11(2)26-14-7-4-12(18)5-8-14/h3-9,11H,1-2H3,(H,19,22)(H,20,23). The maximum Gasteiger partial charge on any atom is 0.279 e. The number of rotatable bonds is 5. The van der Waals surface area contributed by atoms with E-state index in [4.69, 9.17) is 4.74 Å². The highest BCUT2D eigenvalue weighted by atomic mass is 19.1. The Morgan fingerprint density at radius 3 is 2.42 bits per heavy atom. The zero-order chi connectivity index (χ0) is 19.3. The Morgan fingerprint density at radius 2 is 1.81 bits per heavy atom. The van der Waals surface area contributed by atoms with Gasteiger partial charge in [-0.1, -0.05) is 6.07 Å². The third kappa shape index (κ3) is 4.76. The summed E-state index contributed by atoms with van der Waals surface area (Å²) in [6.45, 7) is 3.06. The second-order valence-electron chi connectivity index (χ2n) is 5.41. The zero-order valence-corrected chi connectivity index (χ0v) is 14.0. The van der Waals surface area contributed by atoms with Gasteiger partial charge in [0.05, 0.1) is 10.5 Å². The summed E-state index contributed by atoms with van der Waals surface area (Å²) < 4.78 is 18.2. The lowest BCUT2D eigenvalue weighted by Crippen LogP contribution is -2.47. The minimum Gasteiger partial charge on any atom is -0.481 e. The number of benzene rings is 2. The summed E-state index contributed by atoms with van der Waals surface area (Å²) in [7, 11) is 0. The smallest absolute Gasteiger partial charge is 0.279 e. The van der Waals surface area contributed by atoms with Gasteiger partial charge in [0, 0.05) is 12.1 Å². The van der Waals surface area contributed by atoms with Crippen LogP contribution >= 0.6 is 0 Å². The van der Waals surface area contributed by atoms with Crippen LogP contribution in [0.4, 0.5) is 10.1 Å². The van der Waals surface area contributed by atoms with Gasteiger partial charge in [0.15, 0.2) is 6.10 Å². The third-order valence-electron chi connectivity index (χ3n) is 3.47. The third-order valence-corrected chi connectivity index (χ3v) is 3.47. The first-order chi connectivity index (χ1) is 12.3. The lowest BCUT2D eigenvalue weighted by atomic mass is 10.1. The molecular formula is C17H16FN3O5. The monoisotopic (exact) mass is 361 g/mol. The highest BCUT2D eigenvalue weighted by molar-refractivity contribution is 5.97. The topological polar surface area (TPSA) is 111 Å². The number of non-ortho nitro benzene ring substituents is 1. The van der Waals surface area contributed by atoms with Gasteiger partial charge < -0.3 is 4.74 Å². The molecular weight excluding hydrogens is 345 g/mol. The van der Waals surface area contributed by atoms with Crippen LogP contribution in [-0.2, 0) is 4.79 Å². The van der Waals surface area contributed by atoms with Crippen LogP contribution in [0.15, 0.2) is 42.5 Å². The first kappa shape index (κ1) is 18.8. The molecule has 0 saturated carbocycles. The largest absolute Gasteiger partial charge is 0.481 e. The second kappa shape index (κ2) is 8.06. The van der Waals surface area contributed by atoms with Crippen LogP contribution in [0.3, 0.4) is 0 Å². The molecule has 2 amide bonds. The number of halogens is 1. The van der Waals surface area contributed by atoms with E-state index in [2.05, 4.69) is 10.9 Å². The van der Waals surface area contributed by atoms with Gasteiger partial charge in [0.25, 0.3) is 17.5 Å². The molecule has 26 heavy (non-hydrogen) atoms. The number of hydrogen-bond acceptors (Lipinski definition) is 5. The van der Waals surface area contributed by atoms with Crippen molar-refractivity contribution >= 4 is 17.5 Å². The van der Waals surface area contributed by atoms with Gasteiger partial charge in [-0.15, -0.1) is 0 Å². The number of nitrogens with one attached hydrogen (secondary N) is 2. The van der Waals surface area contributed by atoms with E-state index in [1.165, 1.54) is 43.3 Å². The SMILES string of the molecule is Cc1ccc([N+](=O)[O-])cc1C(=O)NNC(=O)C(C)Oc1ccc(F)cc1. The van der Waals surface area contributed by atoms with Gasteiger partial charge in [-0.2, -0.15) is 0 Å². The molecule has 0 spiro atoms. The van der Waals surface area contributed by atoms with Crippen LogP contribution in [0, 0.1) is 22.9 Å². The van der Waals surface area contributed by atoms with Crippen molar-refractivity contribution in [3.8, 4) is 5.75 Å². The lowest BCUT2D eigenvalue weighted by molar-refractivity contribution is -0.384. The first-order valence-corrected chi connectivity index (χ1v) is 7.55. The number of aryl methyl sites for hydroxylation is 1. The van der Waals surface area contributed by atoms with E-state index in [-0.39, 0.29) is 17.0 Å². The quantitative estimate of drug-likeness (QED) is 0.627. The van der Waals surface area contributed by atoms with Gasteiger partial charge in [-0.3, -0.25) is 30.6 Å². The van der Waals surface area contributed by atoms with Crippen LogP contribution in [0.1, 0.15) is 22.8 Å². The molecule has 2 rings (SSSR count). The normalized spacial score (nSPS) is 11.3. The van der Waals surface area contributed by atoms with Gasteiger partial charge >= 0.3 is 0 Å². The summed E-state index contributed by atoms with van der Waals surface area (Å²) in [5.74, 6) is -1.50. The lowest BCUT2D eigenvalue weighted by Gasteiger charge is -2.15. The average Bonchev–Trinajstić information content (AvgIpc) is 2.61. The molecule has 0 aliphatic rings. The molecule has 0 aliphatic carbocycles. The van der Waals surface area contributed by atoms with Crippen LogP contribution in [-0.4, -0.2) is 22.8 Å². The van der Waals surface area contributed by atoms with Crippen molar-refractivity contribution in [3.63, 3.8) is 0 Å². The molecule has 0 bridgehead atoms. The second-order valence-corrected chi connectivity index (χ2v) is 5.41. The van der Waals surface area contributed by atoms with E-state index in [0.717, 1.165) is 6.07 Å². The fourth-order valence-corrected chi connectivity index (χ4v) is 2.03. The van der Waals surface area contributed by atoms with Crippen molar-refractivity contribution in [1.29, 1.82) is 0 Å². The minimum atomic E-state index is -0.966. The number of nitro groups is 1. The molecule has 0 radical (unpaired) electrons. The van der Waals surface area contributed by atoms with Gasteiger partial charge in [0.2, 0.25) is 0 Å². The van der Waals surface area contributed by atoms with Crippen LogP contribution < -0.4 is 15.6 Å². The minimum absolute atomic E-state index is 0.0617. The van der Waals surface area contributed by atoms with E-state index < -0.39 is 28.7 Å². The number of amides is 2. The Kier molecular flexibility index (Phi) is 5.84. The molecule has 1 unspecified atom stereocenters. The van der Waals surface area contributed by atoms with Crippen LogP contribution in [0.2, 0.25) is 0 Å². The fraction of sp³-hybridized carbons (Fsp3) is 0.176. The zero-order valence-electron chi connectivity index (χ0n) is 14.0. The Bertz CT molecular complexity index is 839. The van der Waals surface area contributed by atoms with E-state index >= 15 is 0 Å². The summed E-state index contributed by atoms with van der Waals surface area (Å²) in [5.41, 5.74) is 4.70. The van der Waals surface area contributed by atoms with Crippen molar-refractivity contribution in [3.05, 3.63) is 69.5 Å². The van der Waals surface area contributed by atoms with Gasteiger partial charge in [0.1, 0.15) is 11.6 Å². The Labute approximate surface area is 148 Å². The fourth-order valence-electron chi connectivity index (χ4n) is 2.03. The first-order valence-electron chi connectivity index (χ1n) is 7.55. The maximum atomic E-state index is 12.8. The number of carbonyl (C=O) groups excluding carboxylic acids is 2. The molecule has 9 heteroatoms. The van der Waals surface area contributed by atoms with E-state index in [0.29, 0.717) is 5.56 Å². The molecule has 1 atom stereocenters. The number of nitrogens with zero attached hydrogens (tertiary/aromatic N) is 1. The van der Waals surface area contributed by atoms with Crippen molar-refractivity contribution in [1.82, 2.24) is 10.9 Å². The molecule has 0 heterocycles. The number of carbonyl (C=O) groups is 2. The molecule has 8 nitrogen and oxygen atoms in total. The number of hydrogen-bond donors (Lipinski definition) is 2. The van der Waals surface area contributed by atoms with Gasteiger partial charge in [-0.25, -0.2) is 4.39 Å². The van der Waals surface area contributed by atoms with Crippen molar-refractivity contribution in [2.75, 3.05) is 0 Å². The van der Waals surface area contributed by atoms with E-state index in [9.17, 15) is 24.1 Å². The summed E-state index contributed by atoms with van der Waals surface area (Å²) in [6, 6.07) is 8.95. The predicted molar refractivity (Wildman–Crippen MR) is 89.9 cm³/mol. The Hall–Kier alpha value is -3.49. The molecule has 2 N–H and O–H groups in total. The Balaban J connectivity index is 1.96.